The van der Waals surface area contributed by atoms with Gasteiger partial charge in [0, 0.05) is 0 Å². The van der Waals surface area contributed by atoms with Gasteiger partial charge < -0.3 is 5.73 Å². The summed E-state index contributed by atoms with van der Waals surface area (Å²) in [6, 6.07) is 0. The van der Waals surface area contributed by atoms with Crippen LogP contribution in [0.25, 0.3) is 0 Å². The second-order valence-corrected chi connectivity index (χ2v) is 0. The van der Waals surface area contributed by atoms with Crippen LogP contribution in [0.1, 0.15) is 0 Å². The third kappa shape index (κ3) is 56.2. The molecule has 0 heterocycles. The zero-order chi connectivity index (χ0) is 2.71. The maximum atomic E-state index is 5.96. The highest BCUT2D eigenvalue weighted by atomic mass is 35.5. The lowest BCUT2D eigenvalue weighted by Gasteiger charge is -1.19. The summed E-state index contributed by atoms with van der Waals surface area (Å²) in [7, 11) is 1.54. The molecule has 0 aromatic rings. The fraction of sp³-hybridized carbons (Fsp3) is 1.00. The molecule has 0 aromatic heterocycles. The van der Waals surface area contributed by atoms with Gasteiger partial charge in [-0.05, 0) is 7.05 Å². The molecule has 5 heavy (non-hydrogen) atoms. The Balaban J connectivity index is -0.00000000667. The van der Waals surface area contributed by atoms with Crippen LogP contribution in [0.15, 0.2) is 0 Å². The summed E-state index contributed by atoms with van der Waals surface area (Å²) in [5.41, 5.74) is 2.00. The second-order valence-electron chi connectivity index (χ2n) is 0. The predicted octanol–water partition coefficient (Wildman–Crippen LogP) is 0.840. The first kappa shape index (κ1) is 17.0. The summed E-state index contributed by atoms with van der Waals surface area (Å²) in [5.74, 6) is 0. The predicted molar refractivity (Wildman–Crippen MR) is 31.9 cm³/mol. The number of hydrogen-bond acceptors (Lipinski definition) is 1. The van der Waals surface area contributed by atoms with E-state index in [-0.39, 0.29) is 37.2 Å². The highest BCUT2D eigenvalue weighted by Crippen LogP contribution is 0.692. The van der Waals surface area contributed by atoms with Crippen molar-refractivity contribution in [1.82, 2.24) is 0 Å². The van der Waals surface area contributed by atoms with Crippen molar-refractivity contribution in [1.29, 1.82) is 0 Å². The van der Waals surface area contributed by atoms with Gasteiger partial charge in [0.15, 0.2) is 0 Å². The average molecular weight is 141 g/mol. The lowest BCUT2D eigenvalue weighted by Crippen LogP contribution is -1.69. The molecule has 0 unspecified atom stereocenters. The van der Waals surface area contributed by atoms with Crippen LogP contribution >= 0.6 is 37.2 Å². The van der Waals surface area contributed by atoms with E-state index in [1.165, 1.54) is 0 Å². The Labute approximate surface area is 52.0 Å². The van der Waals surface area contributed by atoms with Crippen molar-refractivity contribution in [3.8, 4) is 0 Å². The van der Waals surface area contributed by atoms with Crippen LogP contribution in [-0.4, -0.2) is 7.05 Å². The summed E-state index contributed by atoms with van der Waals surface area (Å²) in [6.07, 6.45) is 0. The van der Waals surface area contributed by atoms with Crippen molar-refractivity contribution >= 4 is 37.2 Å². The molecular weight excluding hydrogens is 132 g/mol. The number of hydrogen-bond donors (Lipinski definition) is 1. The third-order valence-electron chi connectivity index (χ3n) is 0. The standard InChI is InChI=1S/CH5N.3ClH/c1-2;;;/h2H2,1H3;3*1H/i/hD. The quantitative estimate of drug-likeness (QED) is 0.532. The zero-order valence-corrected chi connectivity index (χ0v) is 5.17. The Hall–Kier alpha value is 0.830. The molecule has 38 valence electrons. The number of halogens is 3. The SMILES string of the molecule is Cl.Cl.Cl.[2H]NC. The van der Waals surface area contributed by atoms with E-state index in [4.69, 9.17) is 1.41 Å². The molecule has 0 aliphatic carbocycles. The van der Waals surface area contributed by atoms with Gasteiger partial charge >= 0.3 is 0 Å². The molecule has 0 spiro atoms. The van der Waals surface area contributed by atoms with E-state index >= 15 is 0 Å². The Morgan fingerprint density at radius 3 is 1.40 bits per heavy atom. The van der Waals surface area contributed by atoms with Crippen LogP contribution in [0, 0.1) is 0 Å². The Bertz CT molecular complexity index is 10.8. The van der Waals surface area contributed by atoms with Gasteiger partial charge in [0.1, 0.15) is 1.41 Å². The van der Waals surface area contributed by atoms with E-state index in [9.17, 15) is 0 Å². The van der Waals surface area contributed by atoms with Gasteiger partial charge in [-0.2, -0.15) is 0 Å². The second kappa shape index (κ2) is 103. The number of nitrogens with two attached hydrogens (primary N) is 1. The normalized spacial score (nSPS) is 3.80. The molecule has 0 atom stereocenters. The molecule has 0 amide bonds. The molecular formula is CH8Cl3N. The monoisotopic (exact) mass is 140 g/mol. The van der Waals surface area contributed by atoms with Crippen LogP contribution in [0.3, 0.4) is 0 Å². The minimum atomic E-state index is 0. The van der Waals surface area contributed by atoms with Crippen molar-refractivity contribution < 1.29 is 1.41 Å². The molecule has 0 saturated carbocycles. The van der Waals surface area contributed by atoms with Crippen molar-refractivity contribution in [3.05, 3.63) is 0 Å². The lowest BCUT2D eigenvalue weighted by molar-refractivity contribution is 1.48. The summed E-state index contributed by atoms with van der Waals surface area (Å²) in [5, 5.41) is 0. The molecule has 0 rings (SSSR count). The highest BCUT2D eigenvalue weighted by molar-refractivity contribution is 5.86. The van der Waals surface area contributed by atoms with E-state index in [0.29, 0.717) is 0 Å². The van der Waals surface area contributed by atoms with Crippen molar-refractivity contribution in [2.24, 2.45) is 5.73 Å². The maximum absolute atomic E-state index is 5.96. The van der Waals surface area contributed by atoms with Gasteiger partial charge in [-0.1, -0.05) is 0 Å². The maximum Gasteiger partial charge on any atom is 0.118 e. The van der Waals surface area contributed by atoms with E-state index in [2.05, 4.69) is 0 Å². The van der Waals surface area contributed by atoms with Crippen molar-refractivity contribution in [2.75, 3.05) is 7.05 Å². The largest absolute Gasteiger partial charge is 0.333 e. The van der Waals surface area contributed by atoms with Crippen LogP contribution in [-0.2, 0) is 0 Å². The van der Waals surface area contributed by atoms with Gasteiger partial charge in [-0.15, -0.1) is 37.2 Å². The smallest absolute Gasteiger partial charge is 0.118 e. The van der Waals surface area contributed by atoms with Gasteiger partial charge in [-0.3, -0.25) is 0 Å². The summed E-state index contributed by atoms with van der Waals surface area (Å²) in [4.78, 5) is 0. The molecule has 0 aromatic carbocycles. The molecule has 0 radical (unpaired) electrons. The molecule has 4 heteroatoms. The van der Waals surface area contributed by atoms with Gasteiger partial charge in [0.05, 0.1) is 0 Å². The fourth-order valence-corrected chi connectivity index (χ4v) is 0. The minimum absolute atomic E-state index is 0. The topological polar surface area (TPSA) is 26.0 Å². The highest BCUT2D eigenvalue weighted by Gasteiger charge is 0.836. The molecule has 0 saturated heterocycles. The molecule has 0 fully saturated rings. The van der Waals surface area contributed by atoms with Crippen molar-refractivity contribution in [2.45, 2.75) is 0 Å². The zero-order valence-electron chi connectivity index (χ0n) is 3.72. The molecule has 0 aliphatic heterocycles. The summed E-state index contributed by atoms with van der Waals surface area (Å²) in [6.45, 7) is 0. The Kier molecular flexibility index (Phi) is 349. The van der Waals surface area contributed by atoms with E-state index in [0.717, 1.165) is 0 Å². The van der Waals surface area contributed by atoms with Crippen LogP contribution in [0.4, 0.5) is 0 Å². The molecule has 0 aliphatic rings. The summed E-state index contributed by atoms with van der Waals surface area (Å²) < 4.78 is 5.96. The first-order valence-corrected chi connectivity index (χ1v) is 0.500. The van der Waals surface area contributed by atoms with E-state index < -0.39 is 0 Å². The van der Waals surface area contributed by atoms with E-state index in [1.807, 2.05) is 5.73 Å². The first-order chi connectivity index (χ1) is 1.41. The lowest BCUT2D eigenvalue weighted by atomic mass is 11.6. The average Bonchev–Trinajstić information content (AvgIpc) is 0.918. The first-order valence-electron chi connectivity index (χ1n) is 1.00. The van der Waals surface area contributed by atoms with Gasteiger partial charge in [0.2, 0.25) is 0 Å². The third-order valence-corrected chi connectivity index (χ3v) is 0. The summed E-state index contributed by atoms with van der Waals surface area (Å²) >= 11 is 0. The van der Waals surface area contributed by atoms with Crippen molar-refractivity contribution in [3.63, 3.8) is 0 Å². The molecule has 2 N–H and O–H groups in total. The van der Waals surface area contributed by atoms with Gasteiger partial charge in [0.25, 0.3) is 0 Å². The minimum Gasteiger partial charge on any atom is -0.333 e. The fourth-order valence-electron chi connectivity index (χ4n) is 0. The molecule has 1 nitrogen and oxygen atoms in total. The van der Waals surface area contributed by atoms with Gasteiger partial charge in [-0.25, -0.2) is 0 Å². The Morgan fingerprint density at radius 1 is 1.40 bits per heavy atom. The van der Waals surface area contributed by atoms with E-state index in [1.54, 1.807) is 7.05 Å². The number of rotatable bonds is 0. The van der Waals surface area contributed by atoms with Crippen LogP contribution < -0.4 is 5.73 Å². The molecule has 0 bridgehead atoms. The van der Waals surface area contributed by atoms with Crippen LogP contribution in [0.5, 0.6) is 0 Å². The van der Waals surface area contributed by atoms with Crippen LogP contribution in [0.2, 0.25) is 1.41 Å². The Morgan fingerprint density at radius 2 is 1.40 bits per heavy atom.